The molecule has 2 aromatic heterocycles. The summed E-state index contributed by atoms with van der Waals surface area (Å²) in [6.07, 6.45) is 1.63. The quantitative estimate of drug-likeness (QED) is 0.370. The number of nitrogens with two attached hydrogens (primary N) is 1. The van der Waals surface area contributed by atoms with Gasteiger partial charge in [-0.1, -0.05) is 36.4 Å². The Balaban J connectivity index is 1.53. The van der Waals surface area contributed by atoms with E-state index in [4.69, 9.17) is 5.73 Å². The lowest BCUT2D eigenvalue weighted by atomic mass is 10.1. The largest absolute Gasteiger partial charge is 0.365 e. The number of aromatic nitrogens is 3. The molecule has 32 heavy (non-hydrogen) atoms. The summed E-state index contributed by atoms with van der Waals surface area (Å²) in [7, 11) is 1.69. The van der Waals surface area contributed by atoms with Gasteiger partial charge in [-0.2, -0.15) is 5.10 Å². The Bertz CT molecular complexity index is 1220. The number of benzene rings is 2. The van der Waals surface area contributed by atoms with E-state index in [1.54, 1.807) is 49.6 Å². The van der Waals surface area contributed by atoms with E-state index in [9.17, 15) is 9.59 Å². The molecular weight excluding hydrogens is 406 g/mol. The lowest BCUT2D eigenvalue weighted by Gasteiger charge is -2.18. The molecule has 0 atom stereocenters. The standard InChI is InChI=1S/C23H21N7O2/c1-30(17-7-3-2-4-8-17)23(32)26-16-12-10-15(11-13-16)20-19(21(24)31)22(29-28-20)27-18-9-5-6-14-25-18/h2-14H,1H3,(H2,24,31)(H,26,32)(H2,25,27,28,29). The average Bonchev–Trinajstić information content (AvgIpc) is 3.24. The highest BCUT2D eigenvalue weighted by atomic mass is 16.2. The number of hydrogen-bond donors (Lipinski definition) is 4. The van der Waals surface area contributed by atoms with Crippen molar-refractivity contribution in [2.45, 2.75) is 0 Å². The maximum atomic E-state index is 12.5. The molecule has 4 rings (SSSR count). The van der Waals surface area contributed by atoms with Crippen molar-refractivity contribution in [3.63, 3.8) is 0 Å². The first-order chi connectivity index (χ1) is 15.5. The lowest BCUT2D eigenvalue weighted by molar-refractivity contribution is 0.100. The third-order valence-electron chi connectivity index (χ3n) is 4.79. The van der Waals surface area contributed by atoms with Gasteiger partial charge in [-0.05, 0) is 36.4 Å². The van der Waals surface area contributed by atoms with Gasteiger partial charge in [0, 0.05) is 30.2 Å². The Hall–Kier alpha value is -4.66. The first kappa shape index (κ1) is 20.6. The summed E-state index contributed by atoms with van der Waals surface area (Å²) < 4.78 is 0. The molecule has 0 unspecified atom stereocenters. The number of pyridine rings is 1. The smallest absolute Gasteiger partial charge is 0.326 e. The minimum atomic E-state index is -0.631. The molecule has 0 saturated carbocycles. The van der Waals surface area contributed by atoms with Gasteiger partial charge in [0.15, 0.2) is 0 Å². The van der Waals surface area contributed by atoms with E-state index in [0.717, 1.165) is 5.69 Å². The van der Waals surface area contributed by atoms with E-state index >= 15 is 0 Å². The fourth-order valence-electron chi connectivity index (χ4n) is 3.13. The van der Waals surface area contributed by atoms with Crippen LogP contribution in [-0.2, 0) is 0 Å². The van der Waals surface area contributed by atoms with Crippen LogP contribution < -0.4 is 21.3 Å². The highest BCUT2D eigenvalue weighted by molar-refractivity contribution is 6.04. The van der Waals surface area contributed by atoms with Crippen LogP contribution in [0.4, 0.5) is 27.8 Å². The molecule has 9 heteroatoms. The lowest BCUT2D eigenvalue weighted by Crippen LogP contribution is -2.31. The number of carbonyl (C=O) groups excluding carboxylic acids is 2. The molecule has 0 spiro atoms. The Kier molecular flexibility index (Phi) is 5.80. The number of hydrogen-bond acceptors (Lipinski definition) is 5. The summed E-state index contributed by atoms with van der Waals surface area (Å²) in [5.74, 6) is 0.271. The number of aromatic amines is 1. The summed E-state index contributed by atoms with van der Waals surface area (Å²) in [6, 6.07) is 21.4. The van der Waals surface area contributed by atoms with Crippen molar-refractivity contribution in [2.24, 2.45) is 5.73 Å². The van der Waals surface area contributed by atoms with E-state index in [0.29, 0.717) is 28.6 Å². The van der Waals surface area contributed by atoms with Crippen LogP contribution in [0.1, 0.15) is 10.4 Å². The molecule has 3 amide bonds. The topological polar surface area (TPSA) is 129 Å². The second kappa shape index (κ2) is 9.00. The van der Waals surface area contributed by atoms with Gasteiger partial charge in [0.05, 0.1) is 0 Å². The molecule has 0 bridgehead atoms. The van der Waals surface area contributed by atoms with Crippen molar-refractivity contribution in [2.75, 3.05) is 22.6 Å². The first-order valence-electron chi connectivity index (χ1n) is 9.79. The predicted octanol–water partition coefficient (Wildman–Crippen LogP) is 3.98. The van der Waals surface area contributed by atoms with Gasteiger partial charge in [-0.15, -0.1) is 0 Å². The highest BCUT2D eigenvalue weighted by Gasteiger charge is 2.20. The maximum absolute atomic E-state index is 12.5. The zero-order valence-corrected chi connectivity index (χ0v) is 17.2. The fourth-order valence-corrected chi connectivity index (χ4v) is 3.13. The molecule has 9 nitrogen and oxygen atoms in total. The number of primary amides is 1. The first-order valence-corrected chi connectivity index (χ1v) is 9.79. The van der Waals surface area contributed by atoms with Crippen LogP contribution in [0.15, 0.2) is 79.0 Å². The number of amides is 3. The predicted molar refractivity (Wildman–Crippen MR) is 124 cm³/mol. The number of urea groups is 1. The van der Waals surface area contributed by atoms with E-state index in [1.807, 2.05) is 36.4 Å². The maximum Gasteiger partial charge on any atom is 0.326 e. The van der Waals surface area contributed by atoms with Crippen LogP contribution in [-0.4, -0.2) is 34.2 Å². The molecule has 0 radical (unpaired) electrons. The van der Waals surface area contributed by atoms with Gasteiger partial charge in [-0.25, -0.2) is 9.78 Å². The molecule has 0 aliphatic heterocycles. The van der Waals surface area contributed by atoms with Crippen LogP contribution in [0.2, 0.25) is 0 Å². The van der Waals surface area contributed by atoms with Crippen LogP contribution in [0.25, 0.3) is 11.3 Å². The van der Waals surface area contributed by atoms with E-state index in [-0.39, 0.29) is 11.6 Å². The zero-order valence-electron chi connectivity index (χ0n) is 17.2. The van der Waals surface area contributed by atoms with Gasteiger partial charge in [0.2, 0.25) is 0 Å². The Morgan fingerprint density at radius 1 is 0.969 bits per heavy atom. The second-order valence-electron chi connectivity index (χ2n) is 6.93. The van der Waals surface area contributed by atoms with Crippen molar-refractivity contribution >= 4 is 34.9 Å². The summed E-state index contributed by atoms with van der Waals surface area (Å²) in [4.78, 5) is 30.3. The highest BCUT2D eigenvalue weighted by Crippen LogP contribution is 2.29. The monoisotopic (exact) mass is 427 g/mol. The van der Waals surface area contributed by atoms with Crippen molar-refractivity contribution in [1.82, 2.24) is 15.2 Å². The molecule has 0 fully saturated rings. The minimum Gasteiger partial charge on any atom is -0.365 e. The summed E-state index contributed by atoms with van der Waals surface area (Å²) in [5, 5.41) is 12.9. The molecule has 2 heterocycles. The summed E-state index contributed by atoms with van der Waals surface area (Å²) in [5.41, 5.74) is 8.27. The zero-order chi connectivity index (χ0) is 22.5. The molecule has 2 aromatic carbocycles. The number of nitrogens with one attached hydrogen (secondary N) is 3. The average molecular weight is 427 g/mol. The molecule has 4 aromatic rings. The molecule has 5 N–H and O–H groups in total. The molecular formula is C23H21N7O2. The van der Waals surface area contributed by atoms with Crippen molar-refractivity contribution in [3.05, 3.63) is 84.6 Å². The number of H-pyrrole nitrogens is 1. The van der Waals surface area contributed by atoms with Gasteiger partial charge >= 0.3 is 6.03 Å². The molecule has 0 saturated heterocycles. The molecule has 0 aliphatic rings. The number of rotatable bonds is 6. The molecule has 0 aliphatic carbocycles. The van der Waals surface area contributed by atoms with Crippen LogP contribution >= 0.6 is 0 Å². The normalized spacial score (nSPS) is 10.4. The SMILES string of the molecule is CN(C(=O)Nc1ccc(-c2n[nH]c(Nc3ccccn3)c2C(N)=O)cc1)c1ccccc1. The summed E-state index contributed by atoms with van der Waals surface area (Å²) in [6.45, 7) is 0. The van der Waals surface area contributed by atoms with Crippen molar-refractivity contribution in [3.8, 4) is 11.3 Å². The fraction of sp³-hybridized carbons (Fsp3) is 0.0435. The van der Waals surface area contributed by atoms with Crippen LogP contribution in [0.3, 0.4) is 0 Å². The number of para-hydroxylation sites is 1. The van der Waals surface area contributed by atoms with E-state index < -0.39 is 5.91 Å². The molecule has 160 valence electrons. The van der Waals surface area contributed by atoms with E-state index in [1.165, 1.54) is 4.90 Å². The van der Waals surface area contributed by atoms with Crippen LogP contribution in [0, 0.1) is 0 Å². The van der Waals surface area contributed by atoms with Crippen molar-refractivity contribution in [1.29, 1.82) is 0 Å². The third kappa shape index (κ3) is 4.41. The Morgan fingerprint density at radius 3 is 2.34 bits per heavy atom. The second-order valence-corrected chi connectivity index (χ2v) is 6.93. The Morgan fingerprint density at radius 2 is 1.69 bits per heavy atom. The van der Waals surface area contributed by atoms with E-state index in [2.05, 4.69) is 25.8 Å². The Labute approximate surface area is 184 Å². The van der Waals surface area contributed by atoms with Gasteiger partial charge < -0.3 is 16.4 Å². The van der Waals surface area contributed by atoms with Gasteiger partial charge in [0.1, 0.15) is 22.9 Å². The van der Waals surface area contributed by atoms with Crippen LogP contribution in [0.5, 0.6) is 0 Å². The summed E-state index contributed by atoms with van der Waals surface area (Å²) >= 11 is 0. The number of anilines is 4. The number of nitrogens with zero attached hydrogens (tertiary/aromatic N) is 3. The number of carbonyl (C=O) groups is 2. The van der Waals surface area contributed by atoms with Gasteiger partial charge in [0.25, 0.3) is 5.91 Å². The minimum absolute atomic E-state index is 0.219. The third-order valence-corrected chi connectivity index (χ3v) is 4.79. The van der Waals surface area contributed by atoms with Crippen molar-refractivity contribution < 1.29 is 9.59 Å². The van der Waals surface area contributed by atoms with Gasteiger partial charge in [-0.3, -0.25) is 14.8 Å².